The molecule has 0 rings (SSSR count). The van der Waals surface area contributed by atoms with Crippen LogP contribution in [-0.2, 0) is 0 Å². The van der Waals surface area contributed by atoms with Gasteiger partial charge in [-0.25, -0.2) is 0 Å². The van der Waals surface area contributed by atoms with Gasteiger partial charge in [0.15, 0.2) is 0 Å². The molecular weight excluding hydrogens is 156 g/mol. The molecule has 0 atom stereocenters. The lowest BCUT2D eigenvalue weighted by Crippen LogP contribution is -2.04. The van der Waals surface area contributed by atoms with Crippen LogP contribution in [0.1, 0.15) is 61.8 Å². The minimum Gasteiger partial charge on any atom is -0.0880 e. The van der Waals surface area contributed by atoms with E-state index >= 15 is 0 Å². The molecule has 0 aromatic heterocycles. The van der Waals surface area contributed by atoms with Crippen molar-refractivity contribution in [3.63, 3.8) is 0 Å². The molecule has 0 saturated carbocycles. The second kappa shape index (κ2) is 5.47. The van der Waals surface area contributed by atoms with Crippen LogP contribution in [-0.4, -0.2) is 0 Å². The Morgan fingerprint density at radius 1 is 0.692 bits per heavy atom. The molecule has 0 N–H and O–H groups in total. The zero-order valence-electron chi connectivity index (χ0n) is 9.57. The molecule has 0 fully saturated rings. The summed E-state index contributed by atoms with van der Waals surface area (Å²) in [4.78, 5) is 0. The van der Waals surface area contributed by atoms with Crippen molar-refractivity contribution >= 4 is 0 Å². The van der Waals surface area contributed by atoms with Gasteiger partial charge in [-0.3, -0.25) is 0 Å². The Balaban J connectivity index is 0. The van der Waals surface area contributed by atoms with Gasteiger partial charge in [0.2, 0.25) is 0 Å². The van der Waals surface area contributed by atoms with E-state index in [9.17, 15) is 0 Å². The van der Waals surface area contributed by atoms with E-state index in [1.807, 2.05) is 0 Å². The molecule has 80 valence electrons. The van der Waals surface area contributed by atoms with Crippen LogP contribution >= 0.6 is 0 Å². The van der Waals surface area contributed by atoms with E-state index in [1.165, 1.54) is 12.8 Å². The van der Waals surface area contributed by atoms with Crippen molar-refractivity contribution in [2.45, 2.75) is 61.8 Å². The van der Waals surface area contributed by atoms with Gasteiger partial charge in [-0.2, -0.15) is 0 Å². The minimum atomic E-state index is 0. The predicted octanol–water partition coefficient (Wildman–Crippen LogP) is 5.05. The van der Waals surface area contributed by atoms with Gasteiger partial charge >= 0.3 is 0 Å². The van der Waals surface area contributed by atoms with E-state index in [0.717, 1.165) is 0 Å². The van der Waals surface area contributed by atoms with Crippen molar-refractivity contribution in [2.75, 3.05) is 0 Å². The Labute approximate surface area is 85.4 Å². The molecule has 0 saturated heterocycles. The summed E-state index contributed by atoms with van der Waals surface area (Å²) >= 11 is 0. The van der Waals surface area contributed by atoms with Gasteiger partial charge in [0.1, 0.15) is 0 Å². The molecule has 0 aliphatic rings. The fourth-order valence-corrected chi connectivity index (χ4v) is 0.874. The Morgan fingerprint density at radius 3 is 1.08 bits per heavy atom. The topological polar surface area (TPSA) is 0 Å². The zero-order chi connectivity index (χ0) is 9.83. The Bertz CT molecular complexity index is 120. The average molecular weight is 184 g/mol. The van der Waals surface area contributed by atoms with Gasteiger partial charge in [-0.15, -0.1) is 0 Å². The monoisotopic (exact) mass is 184 g/mol. The number of hydrogen-bond donors (Lipinski definition) is 0. The molecule has 0 unspecified atom stereocenters. The summed E-state index contributed by atoms with van der Waals surface area (Å²) in [7, 11) is 0. The minimum absolute atomic E-state index is 0. The number of hydrogen-bond acceptors (Lipinski definition) is 0. The van der Waals surface area contributed by atoms with Gasteiger partial charge in [-0.05, 0) is 23.7 Å². The van der Waals surface area contributed by atoms with Gasteiger partial charge in [0.25, 0.3) is 0 Å². The van der Waals surface area contributed by atoms with Crippen LogP contribution in [0.2, 0.25) is 0 Å². The normalized spacial score (nSPS) is 13.1. The molecule has 0 heteroatoms. The molecule has 0 amide bonds. The van der Waals surface area contributed by atoms with Crippen molar-refractivity contribution in [2.24, 2.45) is 10.8 Å². The summed E-state index contributed by atoms with van der Waals surface area (Å²) < 4.78 is 0. The van der Waals surface area contributed by atoms with Crippen LogP contribution in [0.4, 0.5) is 0 Å². The number of rotatable bonds is 2. The predicted molar refractivity (Wildman–Crippen MR) is 64.0 cm³/mol. The molecular formula is C13H28. The summed E-state index contributed by atoms with van der Waals surface area (Å²) in [6.07, 6.45) is 6.99. The maximum atomic E-state index is 2.31. The third-order valence-electron chi connectivity index (χ3n) is 1.63. The Morgan fingerprint density at radius 2 is 0.923 bits per heavy atom. The summed E-state index contributed by atoms with van der Waals surface area (Å²) in [5.41, 5.74) is 0.878. The molecule has 0 bridgehead atoms. The van der Waals surface area contributed by atoms with Crippen LogP contribution < -0.4 is 0 Å². The second-order valence-corrected chi connectivity index (χ2v) is 6.00. The van der Waals surface area contributed by atoms with Crippen LogP contribution in [0, 0.1) is 10.8 Å². The summed E-state index contributed by atoms with van der Waals surface area (Å²) in [6, 6.07) is 0. The molecule has 0 nitrogen and oxygen atoms in total. The van der Waals surface area contributed by atoms with Gasteiger partial charge < -0.3 is 0 Å². The van der Waals surface area contributed by atoms with Crippen LogP contribution in [0.25, 0.3) is 0 Å². The first-order chi connectivity index (χ1) is 5.21. The van der Waals surface area contributed by atoms with Crippen molar-refractivity contribution in [1.82, 2.24) is 0 Å². The third kappa shape index (κ3) is 14.6. The van der Waals surface area contributed by atoms with Crippen LogP contribution in [0.3, 0.4) is 0 Å². The summed E-state index contributed by atoms with van der Waals surface area (Å²) in [6.45, 7) is 13.6. The first-order valence-corrected chi connectivity index (χ1v) is 4.86. The summed E-state index contributed by atoms with van der Waals surface area (Å²) in [5, 5.41) is 0. The first-order valence-electron chi connectivity index (χ1n) is 4.86. The van der Waals surface area contributed by atoms with Gasteiger partial charge in [0, 0.05) is 0 Å². The lowest BCUT2D eigenvalue weighted by Gasteiger charge is -2.17. The van der Waals surface area contributed by atoms with Crippen molar-refractivity contribution in [3.05, 3.63) is 12.2 Å². The van der Waals surface area contributed by atoms with E-state index in [-0.39, 0.29) is 7.43 Å². The van der Waals surface area contributed by atoms with Crippen LogP contribution in [0.15, 0.2) is 12.2 Å². The highest BCUT2D eigenvalue weighted by Crippen LogP contribution is 2.22. The fourth-order valence-electron chi connectivity index (χ4n) is 0.874. The Kier molecular flexibility index (Phi) is 6.40. The highest BCUT2D eigenvalue weighted by Gasteiger charge is 2.08. The summed E-state index contributed by atoms with van der Waals surface area (Å²) in [5.74, 6) is 0. The molecule has 0 aromatic carbocycles. The zero-order valence-corrected chi connectivity index (χ0v) is 9.57. The highest BCUT2D eigenvalue weighted by atomic mass is 14.1. The molecule has 0 radical (unpaired) electrons. The number of allylic oxidation sites excluding steroid dienone is 2. The smallest absolute Gasteiger partial charge is 0.0302 e. The maximum Gasteiger partial charge on any atom is -0.0302 e. The average Bonchev–Trinajstić information content (AvgIpc) is 1.76. The van der Waals surface area contributed by atoms with Crippen molar-refractivity contribution in [3.8, 4) is 0 Å². The maximum absolute atomic E-state index is 2.31. The van der Waals surface area contributed by atoms with Gasteiger partial charge in [0.05, 0.1) is 0 Å². The molecule has 0 aliphatic carbocycles. The molecule has 0 heterocycles. The quantitative estimate of drug-likeness (QED) is 0.527. The lowest BCUT2D eigenvalue weighted by atomic mass is 9.89. The Hall–Kier alpha value is -0.260. The lowest BCUT2D eigenvalue weighted by molar-refractivity contribution is 0.408. The molecule has 0 aromatic rings. The molecule has 0 aliphatic heterocycles. The van der Waals surface area contributed by atoms with E-state index in [2.05, 4.69) is 53.7 Å². The highest BCUT2D eigenvalue weighted by molar-refractivity contribution is 4.88. The van der Waals surface area contributed by atoms with E-state index in [4.69, 9.17) is 0 Å². The van der Waals surface area contributed by atoms with Crippen molar-refractivity contribution < 1.29 is 0 Å². The van der Waals surface area contributed by atoms with E-state index in [0.29, 0.717) is 10.8 Å². The largest absolute Gasteiger partial charge is 0.0880 e. The van der Waals surface area contributed by atoms with Crippen LogP contribution in [0.5, 0.6) is 0 Å². The first kappa shape index (κ1) is 15.2. The molecule has 13 heavy (non-hydrogen) atoms. The fraction of sp³-hybridized carbons (Fsp3) is 0.846. The third-order valence-corrected chi connectivity index (χ3v) is 1.63. The van der Waals surface area contributed by atoms with E-state index < -0.39 is 0 Å². The van der Waals surface area contributed by atoms with E-state index in [1.54, 1.807) is 0 Å². The SMILES string of the molecule is C.CC(C)(C)C/C=C\CC(C)(C)C. The van der Waals surface area contributed by atoms with Crippen molar-refractivity contribution in [1.29, 1.82) is 0 Å². The molecule has 0 spiro atoms. The second-order valence-electron chi connectivity index (χ2n) is 6.00. The standard InChI is InChI=1S/C12H24.CH4/c1-11(2,3)9-7-8-10-12(4,5)6;/h7-8H,9-10H2,1-6H3;1H4/b8-7-;. The van der Waals surface area contributed by atoms with Gasteiger partial charge in [-0.1, -0.05) is 61.1 Å².